The lowest BCUT2D eigenvalue weighted by molar-refractivity contribution is 0.0226. The monoisotopic (exact) mass is 282 g/mol. The average Bonchev–Trinajstić information content (AvgIpc) is 2.63. The SMILES string of the molecule is CNc1sc2c(c1C)CCN(C(=O)OC(C)(C)C)C2. The first kappa shape index (κ1) is 14.2. The van der Waals surface area contributed by atoms with Crippen LogP contribution in [0.1, 0.15) is 36.8 Å². The zero-order chi connectivity index (χ0) is 14.2. The molecule has 1 amide bonds. The molecule has 0 fully saturated rings. The normalized spacial score (nSPS) is 15.1. The summed E-state index contributed by atoms with van der Waals surface area (Å²) in [6.07, 6.45) is 0.702. The zero-order valence-corrected chi connectivity index (χ0v) is 13.1. The van der Waals surface area contributed by atoms with Crippen LogP contribution in [0.15, 0.2) is 0 Å². The molecule has 0 atom stereocenters. The Balaban J connectivity index is 2.12. The summed E-state index contributed by atoms with van der Waals surface area (Å²) in [4.78, 5) is 15.1. The molecule has 5 heteroatoms. The van der Waals surface area contributed by atoms with Gasteiger partial charge >= 0.3 is 6.09 Å². The number of fused-ring (bicyclic) bond motifs is 1. The molecule has 0 bridgehead atoms. The number of carbonyl (C=O) groups excluding carboxylic acids is 1. The van der Waals surface area contributed by atoms with Crippen molar-refractivity contribution in [3.8, 4) is 0 Å². The number of ether oxygens (including phenoxy) is 1. The number of carbonyl (C=O) groups is 1. The van der Waals surface area contributed by atoms with Crippen LogP contribution in [-0.2, 0) is 17.7 Å². The summed E-state index contributed by atoms with van der Waals surface area (Å²) in [7, 11) is 1.94. The van der Waals surface area contributed by atoms with E-state index in [1.54, 1.807) is 16.2 Å². The van der Waals surface area contributed by atoms with Gasteiger partial charge in [-0.3, -0.25) is 0 Å². The molecule has 1 aromatic heterocycles. The second kappa shape index (κ2) is 5.04. The molecule has 2 heterocycles. The highest BCUT2D eigenvalue weighted by molar-refractivity contribution is 7.16. The van der Waals surface area contributed by atoms with Gasteiger partial charge in [-0.2, -0.15) is 0 Å². The highest BCUT2D eigenvalue weighted by Gasteiger charge is 2.28. The lowest BCUT2D eigenvalue weighted by Gasteiger charge is -2.30. The predicted molar refractivity (Wildman–Crippen MR) is 79.0 cm³/mol. The lowest BCUT2D eigenvalue weighted by atomic mass is 10.0. The first-order valence-corrected chi connectivity index (χ1v) is 7.40. The molecule has 0 unspecified atom stereocenters. The van der Waals surface area contributed by atoms with Gasteiger partial charge in [-0.05, 0) is 45.2 Å². The Kier molecular flexibility index (Phi) is 3.76. The van der Waals surface area contributed by atoms with Gasteiger partial charge in [0.2, 0.25) is 0 Å². The van der Waals surface area contributed by atoms with Gasteiger partial charge in [0.05, 0.1) is 11.5 Å². The summed E-state index contributed by atoms with van der Waals surface area (Å²) >= 11 is 1.74. The maximum Gasteiger partial charge on any atom is 0.410 e. The van der Waals surface area contributed by atoms with Crippen molar-refractivity contribution in [1.82, 2.24) is 4.90 Å². The molecule has 0 aromatic carbocycles. The van der Waals surface area contributed by atoms with Gasteiger partial charge in [-0.15, -0.1) is 11.3 Å². The number of nitrogens with zero attached hydrogens (tertiary/aromatic N) is 1. The Morgan fingerprint density at radius 3 is 2.68 bits per heavy atom. The molecule has 1 N–H and O–H groups in total. The van der Waals surface area contributed by atoms with Crippen LogP contribution in [0, 0.1) is 6.92 Å². The third-order valence-corrected chi connectivity index (χ3v) is 4.54. The molecule has 1 aliphatic rings. The molecule has 19 heavy (non-hydrogen) atoms. The van der Waals surface area contributed by atoms with E-state index in [0.29, 0.717) is 6.54 Å². The molecule has 0 spiro atoms. The lowest BCUT2D eigenvalue weighted by Crippen LogP contribution is -2.39. The minimum absolute atomic E-state index is 0.213. The molecular weight excluding hydrogens is 260 g/mol. The number of anilines is 1. The van der Waals surface area contributed by atoms with Crippen molar-refractivity contribution in [3.05, 3.63) is 16.0 Å². The second-order valence-corrected chi connectivity index (χ2v) is 6.96. The number of rotatable bonds is 1. The van der Waals surface area contributed by atoms with Crippen LogP contribution in [0.3, 0.4) is 0 Å². The van der Waals surface area contributed by atoms with Gasteiger partial charge in [-0.1, -0.05) is 0 Å². The maximum absolute atomic E-state index is 12.1. The van der Waals surface area contributed by atoms with Crippen LogP contribution in [0.25, 0.3) is 0 Å². The summed E-state index contributed by atoms with van der Waals surface area (Å²) in [6.45, 7) is 9.24. The van der Waals surface area contributed by atoms with Gasteiger partial charge < -0.3 is 15.0 Å². The molecule has 1 aromatic rings. The molecular formula is C14H22N2O2S. The largest absolute Gasteiger partial charge is 0.444 e. The highest BCUT2D eigenvalue weighted by atomic mass is 32.1. The minimum Gasteiger partial charge on any atom is -0.444 e. The molecule has 1 aliphatic heterocycles. The highest BCUT2D eigenvalue weighted by Crippen LogP contribution is 2.36. The minimum atomic E-state index is -0.432. The Bertz CT molecular complexity index is 488. The fourth-order valence-corrected chi connectivity index (χ4v) is 3.51. The number of thiophene rings is 1. The number of nitrogens with one attached hydrogen (secondary N) is 1. The molecule has 0 aliphatic carbocycles. The van der Waals surface area contributed by atoms with Crippen molar-refractivity contribution in [3.63, 3.8) is 0 Å². The van der Waals surface area contributed by atoms with Crippen LogP contribution in [0.2, 0.25) is 0 Å². The van der Waals surface area contributed by atoms with Crippen molar-refractivity contribution in [2.75, 3.05) is 18.9 Å². The van der Waals surface area contributed by atoms with Crippen molar-refractivity contribution in [1.29, 1.82) is 0 Å². The summed E-state index contributed by atoms with van der Waals surface area (Å²) < 4.78 is 5.43. The second-order valence-electron chi connectivity index (χ2n) is 5.86. The van der Waals surface area contributed by atoms with Crippen LogP contribution >= 0.6 is 11.3 Å². The molecule has 0 saturated heterocycles. The Morgan fingerprint density at radius 2 is 2.11 bits per heavy atom. The molecule has 4 nitrogen and oxygen atoms in total. The number of hydrogen-bond donors (Lipinski definition) is 1. The summed E-state index contributed by atoms with van der Waals surface area (Å²) in [5.41, 5.74) is 2.29. The van der Waals surface area contributed by atoms with E-state index in [9.17, 15) is 4.79 Å². The van der Waals surface area contributed by atoms with Crippen molar-refractivity contribution in [2.45, 2.75) is 46.3 Å². The standard InChI is InChI=1S/C14H22N2O2S/c1-9-10-6-7-16(13(17)18-14(2,3)4)8-11(10)19-12(9)15-5/h15H,6-8H2,1-5H3. The van der Waals surface area contributed by atoms with E-state index in [4.69, 9.17) is 4.74 Å². The molecule has 2 rings (SSSR count). The van der Waals surface area contributed by atoms with E-state index >= 15 is 0 Å². The van der Waals surface area contributed by atoms with E-state index in [-0.39, 0.29) is 6.09 Å². The number of hydrogen-bond acceptors (Lipinski definition) is 4. The predicted octanol–water partition coefficient (Wildman–Crippen LogP) is 3.39. The Morgan fingerprint density at radius 1 is 1.42 bits per heavy atom. The van der Waals surface area contributed by atoms with Crippen LogP contribution < -0.4 is 5.32 Å². The first-order chi connectivity index (χ1) is 8.81. The van der Waals surface area contributed by atoms with Gasteiger partial charge in [0, 0.05) is 18.5 Å². The summed E-state index contributed by atoms with van der Waals surface area (Å²) in [5, 5.41) is 4.42. The van der Waals surface area contributed by atoms with Gasteiger partial charge in [0.1, 0.15) is 5.60 Å². The fourth-order valence-electron chi connectivity index (χ4n) is 2.28. The Hall–Kier alpha value is -1.23. The van der Waals surface area contributed by atoms with Gasteiger partial charge in [-0.25, -0.2) is 4.79 Å². The molecule has 0 radical (unpaired) electrons. The average molecular weight is 282 g/mol. The third kappa shape index (κ3) is 3.03. The summed E-state index contributed by atoms with van der Waals surface area (Å²) in [5.74, 6) is 0. The third-order valence-electron chi connectivity index (χ3n) is 3.20. The zero-order valence-electron chi connectivity index (χ0n) is 12.3. The van der Waals surface area contributed by atoms with E-state index in [2.05, 4.69) is 12.2 Å². The molecule has 106 valence electrons. The Labute approximate surface area is 118 Å². The topological polar surface area (TPSA) is 41.6 Å². The fraction of sp³-hybridized carbons (Fsp3) is 0.643. The first-order valence-electron chi connectivity index (χ1n) is 6.58. The van der Waals surface area contributed by atoms with Crippen LogP contribution in [-0.4, -0.2) is 30.2 Å². The van der Waals surface area contributed by atoms with Crippen molar-refractivity contribution >= 4 is 22.4 Å². The van der Waals surface area contributed by atoms with E-state index in [1.165, 1.54) is 21.0 Å². The van der Waals surface area contributed by atoms with E-state index < -0.39 is 5.60 Å². The quantitative estimate of drug-likeness (QED) is 0.858. The van der Waals surface area contributed by atoms with Crippen LogP contribution in [0.5, 0.6) is 0 Å². The van der Waals surface area contributed by atoms with Crippen LogP contribution in [0.4, 0.5) is 9.80 Å². The van der Waals surface area contributed by atoms with Crippen molar-refractivity contribution < 1.29 is 9.53 Å². The number of amides is 1. The van der Waals surface area contributed by atoms with Crippen molar-refractivity contribution in [2.24, 2.45) is 0 Å². The van der Waals surface area contributed by atoms with E-state index in [1.807, 2.05) is 27.8 Å². The van der Waals surface area contributed by atoms with Gasteiger partial charge in [0.15, 0.2) is 0 Å². The maximum atomic E-state index is 12.1. The molecule has 0 saturated carbocycles. The smallest absolute Gasteiger partial charge is 0.410 e. The van der Waals surface area contributed by atoms with E-state index in [0.717, 1.165) is 13.0 Å². The summed E-state index contributed by atoms with van der Waals surface area (Å²) in [6, 6.07) is 0. The van der Waals surface area contributed by atoms with Gasteiger partial charge in [0.25, 0.3) is 0 Å².